The molecule has 0 radical (unpaired) electrons. The fourth-order valence-electron chi connectivity index (χ4n) is 3.41. The summed E-state index contributed by atoms with van der Waals surface area (Å²) in [7, 11) is -3.83. The zero-order valence-corrected chi connectivity index (χ0v) is 17.9. The first-order valence-electron chi connectivity index (χ1n) is 9.38. The second kappa shape index (κ2) is 7.64. The van der Waals surface area contributed by atoms with E-state index < -0.39 is 10.0 Å². The molecule has 0 aliphatic heterocycles. The summed E-state index contributed by atoms with van der Waals surface area (Å²) in [5.74, 6) is 1.02. The van der Waals surface area contributed by atoms with Gasteiger partial charge in [0.2, 0.25) is 10.0 Å². The third-order valence-corrected chi connectivity index (χ3v) is 5.77. The van der Waals surface area contributed by atoms with Crippen LogP contribution in [0, 0.1) is 20.8 Å². The maximum atomic E-state index is 13.1. The number of benzene rings is 1. The van der Waals surface area contributed by atoms with E-state index >= 15 is 0 Å². The number of rotatable bonds is 5. The summed E-state index contributed by atoms with van der Waals surface area (Å²) in [6.45, 7) is 5.48. The summed E-state index contributed by atoms with van der Waals surface area (Å²) in [6.07, 6.45) is 0. The number of carbonyl (C=O) groups excluding carboxylic acids is 1. The average molecular weight is 440 g/mol. The van der Waals surface area contributed by atoms with E-state index in [1.54, 1.807) is 25.1 Å². The average Bonchev–Trinajstić information content (AvgIpc) is 3.26. The van der Waals surface area contributed by atoms with Gasteiger partial charge in [0.15, 0.2) is 0 Å². The van der Waals surface area contributed by atoms with E-state index in [1.807, 2.05) is 19.9 Å². The SMILES string of the molecule is Cc1cc(-c2cc(C(=O)NCc3cccc(S(N)(=O)=O)c3)c3c(C)noc3n2)c(C)o1. The lowest BCUT2D eigenvalue weighted by atomic mass is 10.1. The molecule has 31 heavy (non-hydrogen) atoms. The van der Waals surface area contributed by atoms with Crippen LogP contribution in [0.2, 0.25) is 0 Å². The molecule has 160 valence electrons. The number of primary sulfonamides is 1. The van der Waals surface area contributed by atoms with Crippen LogP contribution in [0.15, 0.2) is 50.2 Å². The molecule has 4 aromatic rings. The molecule has 0 bridgehead atoms. The van der Waals surface area contributed by atoms with Crippen LogP contribution in [-0.4, -0.2) is 24.5 Å². The molecule has 3 N–H and O–H groups in total. The van der Waals surface area contributed by atoms with Gasteiger partial charge in [0, 0.05) is 12.1 Å². The highest BCUT2D eigenvalue weighted by molar-refractivity contribution is 7.89. The van der Waals surface area contributed by atoms with Crippen molar-refractivity contribution in [3.63, 3.8) is 0 Å². The quantitative estimate of drug-likeness (QED) is 0.486. The van der Waals surface area contributed by atoms with Gasteiger partial charge in [-0.05, 0) is 50.6 Å². The maximum absolute atomic E-state index is 13.1. The number of hydrogen-bond acceptors (Lipinski definition) is 7. The first-order chi connectivity index (χ1) is 14.6. The molecule has 3 aromatic heterocycles. The monoisotopic (exact) mass is 440 g/mol. The van der Waals surface area contributed by atoms with Crippen molar-refractivity contribution in [2.24, 2.45) is 5.14 Å². The molecule has 0 atom stereocenters. The van der Waals surface area contributed by atoms with Gasteiger partial charge in [0.05, 0.1) is 27.2 Å². The van der Waals surface area contributed by atoms with E-state index in [2.05, 4.69) is 15.5 Å². The number of furan rings is 1. The molecular formula is C21H20N4O5S. The van der Waals surface area contributed by atoms with Crippen molar-refractivity contribution < 1.29 is 22.2 Å². The van der Waals surface area contributed by atoms with Crippen LogP contribution in [-0.2, 0) is 16.6 Å². The van der Waals surface area contributed by atoms with Crippen molar-refractivity contribution in [3.05, 3.63) is 64.7 Å². The van der Waals surface area contributed by atoms with Crippen LogP contribution in [0.3, 0.4) is 0 Å². The number of nitrogens with zero attached hydrogens (tertiary/aromatic N) is 2. The number of aromatic nitrogens is 2. The van der Waals surface area contributed by atoms with Crippen molar-refractivity contribution in [1.82, 2.24) is 15.5 Å². The molecule has 3 heterocycles. The predicted octanol–water partition coefficient (Wildman–Crippen LogP) is 2.99. The van der Waals surface area contributed by atoms with Gasteiger partial charge in [-0.3, -0.25) is 4.79 Å². The molecule has 0 spiro atoms. The highest BCUT2D eigenvalue weighted by Crippen LogP contribution is 2.30. The van der Waals surface area contributed by atoms with Crippen LogP contribution in [0.1, 0.15) is 33.1 Å². The molecule has 10 heteroatoms. The van der Waals surface area contributed by atoms with E-state index in [-0.39, 0.29) is 23.1 Å². The normalized spacial score (nSPS) is 11.7. The fraction of sp³-hybridized carbons (Fsp3) is 0.190. The molecule has 9 nitrogen and oxygen atoms in total. The number of aryl methyl sites for hydroxylation is 3. The summed E-state index contributed by atoms with van der Waals surface area (Å²) in [6, 6.07) is 9.59. The maximum Gasteiger partial charge on any atom is 0.259 e. The number of carbonyl (C=O) groups is 1. The Kier molecular flexibility index (Phi) is 5.11. The molecule has 1 amide bonds. The Morgan fingerprint density at radius 3 is 2.61 bits per heavy atom. The Hall–Kier alpha value is -3.50. The summed E-state index contributed by atoms with van der Waals surface area (Å²) < 4.78 is 34.0. The zero-order chi connectivity index (χ0) is 22.3. The summed E-state index contributed by atoms with van der Waals surface area (Å²) in [5.41, 5.74) is 3.00. The van der Waals surface area contributed by atoms with Gasteiger partial charge in [-0.2, -0.15) is 0 Å². The molecule has 0 aliphatic carbocycles. The van der Waals surface area contributed by atoms with Crippen molar-refractivity contribution in [2.75, 3.05) is 0 Å². The number of fused-ring (bicyclic) bond motifs is 1. The second-order valence-electron chi connectivity index (χ2n) is 7.21. The lowest BCUT2D eigenvalue weighted by Gasteiger charge is -2.09. The van der Waals surface area contributed by atoms with Crippen LogP contribution in [0.4, 0.5) is 0 Å². The minimum atomic E-state index is -3.83. The number of nitrogens with one attached hydrogen (secondary N) is 1. The molecule has 0 unspecified atom stereocenters. The smallest absolute Gasteiger partial charge is 0.259 e. The summed E-state index contributed by atoms with van der Waals surface area (Å²) >= 11 is 0. The minimum absolute atomic E-state index is 0.0199. The topological polar surface area (TPSA) is 141 Å². The van der Waals surface area contributed by atoms with Crippen molar-refractivity contribution in [3.8, 4) is 11.3 Å². The second-order valence-corrected chi connectivity index (χ2v) is 8.77. The standard InChI is InChI=1S/C21H20N4O5S/c1-11-7-16(13(3)29-11)18-9-17(19-12(2)25-30-21(19)24-18)20(26)23-10-14-5-4-6-15(8-14)31(22,27)28/h4-9H,10H2,1-3H3,(H,23,26)(H2,22,27,28). The van der Waals surface area contributed by atoms with E-state index in [9.17, 15) is 13.2 Å². The van der Waals surface area contributed by atoms with Gasteiger partial charge >= 0.3 is 0 Å². The Morgan fingerprint density at radius 2 is 1.94 bits per heavy atom. The van der Waals surface area contributed by atoms with Crippen LogP contribution >= 0.6 is 0 Å². The fourth-order valence-corrected chi connectivity index (χ4v) is 3.99. The van der Waals surface area contributed by atoms with E-state index in [1.165, 1.54) is 12.1 Å². The molecule has 1 aromatic carbocycles. The highest BCUT2D eigenvalue weighted by atomic mass is 32.2. The highest BCUT2D eigenvalue weighted by Gasteiger charge is 2.21. The third kappa shape index (κ3) is 4.07. The van der Waals surface area contributed by atoms with Gasteiger partial charge in [-0.1, -0.05) is 17.3 Å². The number of sulfonamides is 1. The third-order valence-electron chi connectivity index (χ3n) is 4.86. The van der Waals surface area contributed by atoms with Gasteiger partial charge in [0.1, 0.15) is 11.5 Å². The first kappa shape index (κ1) is 20.8. The lowest BCUT2D eigenvalue weighted by molar-refractivity contribution is 0.0952. The number of amides is 1. The first-order valence-corrected chi connectivity index (χ1v) is 10.9. The Labute approximate surface area is 178 Å². The van der Waals surface area contributed by atoms with Gasteiger partial charge < -0.3 is 14.3 Å². The van der Waals surface area contributed by atoms with Crippen molar-refractivity contribution >= 4 is 27.0 Å². The Bertz CT molecular complexity index is 1420. The largest absolute Gasteiger partial charge is 0.466 e. The Balaban J connectivity index is 1.69. The summed E-state index contributed by atoms with van der Waals surface area (Å²) in [4.78, 5) is 17.5. The van der Waals surface area contributed by atoms with Crippen LogP contribution in [0.5, 0.6) is 0 Å². The number of pyridine rings is 1. The molecule has 0 saturated carbocycles. The molecule has 0 fully saturated rings. The lowest BCUT2D eigenvalue weighted by Crippen LogP contribution is -2.23. The van der Waals surface area contributed by atoms with Gasteiger partial charge in [-0.15, -0.1) is 0 Å². The van der Waals surface area contributed by atoms with Crippen LogP contribution in [0.25, 0.3) is 22.4 Å². The molecule has 0 aliphatic rings. The van der Waals surface area contributed by atoms with Gasteiger partial charge in [0.25, 0.3) is 11.6 Å². The minimum Gasteiger partial charge on any atom is -0.466 e. The van der Waals surface area contributed by atoms with Crippen molar-refractivity contribution in [2.45, 2.75) is 32.2 Å². The summed E-state index contributed by atoms with van der Waals surface area (Å²) in [5, 5.41) is 12.4. The predicted molar refractivity (Wildman–Crippen MR) is 113 cm³/mol. The number of hydrogen-bond donors (Lipinski definition) is 2. The number of nitrogens with two attached hydrogens (primary N) is 1. The van der Waals surface area contributed by atoms with Gasteiger partial charge in [-0.25, -0.2) is 18.5 Å². The van der Waals surface area contributed by atoms with E-state index in [0.29, 0.717) is 33.7 Å². The Morgan fingerprint density at radius 1 is 1.16 bits per heavy atom. The van der Waals surface area contributed by atoms with Crippen molar-refractivity contribution in [1.29, 1.82) is 0 Å². The molecule has 0 saturated heterocycles. The van der Waals surface area contributed by atoms with Crippen LogP contribution < -0.4 is 10.5 Å². The molecular weight excluding hydrogens is 420 g/mol. The van der Waals surface area contributed by atoms with E-state index in [4.69, 9.17) is 14.1 Å². The van der Waals surface area contributed by atoms with E-state index in [0.717, 1.165) is 11.3 Å². The molecule has 4 rings (SSSR count). The zero-order valence-electron chi connectivity index (χ0n) is 17.1.